The number of nitrogens with two attached hydrogens (primary N) is 1. The minimum absolute atomic E-state index is 0.0684. The maximum Gasteiger partial charge on any atom is 0.239 e. The van der Waals surface area contributed by atoms with E-state index in [4.69, 9.17) is 10.5 Å². The number of benzene rings is 1. The van der Waals surface area contributed by atoms with E-state index in [0.29, 0.717) is 26.3 Å². The van der Waals surface area contributed by atoms with Crippen molar-refractivity contribution >= 4 is 5.91 Å². The highest BCUT2D eigenvalue weighted by molar-refractivity contribution is 5.81. The van der Waals surface area contributed by atoms with Crippen LogP contribution in [0.25, 0.3) is 0 Å². The van der Waals surface area contributed by atoms with Crippen molar-refractivity contribution in [1.29, 1.82) is 0 Å². The number of likely N-dealkylation sites (N-methyl/N-ethyl adjacent to an activating group) is 1. The third-order valence-electron chi connectivity index (χ3n) is 3.55. The third kappa shape index (κ3) is 3.33. The van der Waals surface area contributed by atoms with Crippen molar-refractivity contribution in [1.82, 2.24) is 10.2 Å². The zero-order valence-corrected chi connectivity index (χ0v) is 11.6. The van der Waals surface area contributed by atoms with Crippen LogP contribution in [-0.4, -0.2) is 43.7 Å². The van der Waals surface area contributed by atoms with Crippen LogP contribution in [0.2, 0.25) is 0 Å². The summed E-state index contributed by atoms with van der Waals surface area (Å²) in [6.07, 6.45) is 0. The van der Waals surface area contributed by atoms with Gasteiger partial charge in [0.1, 0.15) is 11.9 Å². The number of hydrogen-bond acceptors (Lipinski definition) is 4. The SMILES string of the molecule is CNC(=O)C1COCCN1Cc1ccc(F)cc1CN. The highest BCUT2D eigenvalue weighted by Gasteiger charge is 2.29. The highest BCUT2D eigenvalue weighted by Crippen LogP contribution is 2.17. The molecule has 1 amide bonds. The van der Waals surface area contributed by atoms with Crippen molar-refractivity contribution in [3.8, 4) is 0 Å². The molecule has 6 heteroatoms. The topological polar surface area (TPSA) is 67.6 Å². The lowest BCUT2D eigenvalue weighted by atomic mass is 10.1. The second kappa shape index (κ2) is 6.78. The van der Waals surface area contributed by atoms with Crippen LogP contribution in [0, 0.1) is 5.82 Å². The van der Waals surface area contributed by atoms with Crippen LogP contribution in [0.1, 0.15) is 11.1 Å². The Bertz CT molecular complexity index is 481. The van der Waals surface area contributed by atoms with E-state index in [-0.39, 0.29) is 24.3 Å². The van der Waals surface area contributed by atoms with Crippen LogP contribution in [0.15, 0.2) is 18.2 Å². The standard InChI is InChI=1S/C14H20FN3O2/c1-17-14(19)13-9-20-5-4-18(13)8-10-2-3-12(15)6-11(10)7-16/h2-3,6,13H,4-5,7-9,16H2,1H3,(H,17,19). The molecule has 1 fully saturated rings. The fourth-order valence-corrected chi connectivity index (χ4v) is 2.39. The first-order valence-corrected chi connectivity index (χ1v) is 6.66. The molecule has 3 N–H and O–H groups in total. The van der Waals surface area contributed by atoms with Gasteiger partial charge in [-0.05, 0) is 23.3 Å². The summed E-state index contributed by atoms with van der Waals surface area (Å²) >= 11 is 0. The summed E-state index contributed by atoms with van der Waals surface area (Å²) in [5.74, 6) is -0.361. The largest absolute Gasteiger partial charge is 0.378 e. The second-order valence-electron chi connectivity index (χ2n) is 4.79. The predicted molar refractivity (Wildman–Crippen MR) is 73.4 cm³/mol. The van der Waals surface area contributed by atoms with Gasteiger partial charge in [-0.2, -0.15) is 0 Å². The van der Waals surface area contributed by atoms with Gasteiger partial charge >= 0.3 is 0 Å². The molecule has 2 rings (SSSR count). The van der Waals surface area contributed by atoms with Gasteiger partial charge in [-0.1, -0.05) is 6.07 Å². The Labute approximate surface area is 117 Å². The van der Waals surface area contributed by atoms with Crippen LogP contribution < -0.4 is 11.1 Å². The Morgan fingerprint density at radius 1 is 1.55 bits per heavy atom. The van der Waals surface area contributed by atoms with E-state index in [1.165, 1.54) is 12.1 Å². The van der Waals surface area contributed by atoms with Gasteiger partial charge in [0, 0.05) is 26.7 Å². The maximum atomic E-state index is 13.2. The van der Waals surface area contributed by atoms with Crippen molar-refractivity contribution in [2.24, 2.45) is 5.73 Å². The molecule has 1 atom stereocenters. The lowest BCUT2D eigenvalue weighted by molar-refractivity contribution is -0.132. The van der Waals surface area contributed by atoms with Gasteiger partial charge in [0.25, 0.3) is 0 Å². The van der Waals surface area contributed by atoms with E-state index in [1.54, 1.807) is 13.1 Å². The Kier molecular flexibility index (Phi) is 5.05. The first-order chi connectivity index (χ1) is 9.65. The molecule has 0 spiro atoms. The van der Waals surface area contributed by atoms with E-state index < -0.39 is 0 Å². The molecule has 5 nitrogen and oxygen atoms in total. The number of amides is 1. The zero-order valence-electron chi connectivity index (χ0n) is 11.6. The average Bonchev–Trinajstić information content (AvgIpc) is 2.48. The molecule has 1 saturated heterocycles. The van der Waals surface area contributed by atoms with Crippen LogP contribution >= 0.6 is 0 Å². The zero-order chi connectivity index (χ0) is 14.5. The van der Waals surface area contributed by atoms with Crippen molar-refractivity contribution in [3.05, 3.63) is 35.1 Å². The van der Waals surface area contributed by atoms with E-state index >= 15 is 0 Å². The lowest BCUT2D eigenvalue weighted by Crippen LogP contribution is -2.52. The molecular weight excluding hydrogens is 261 g/mol. The molecule has 1 heterocycles. The molecule has 20 heavy (non-hydrogen) atoms. The molecule has 0 aromatic heterocycles. The normalized spacial score (nSPS) is 19.9. The van der Waals surface area contributed by atoms with Crippen LogP contribution in [0.3, 0.4) is 0 Å². The van der Waals surface area contributed by atoms with Gasteiger partial charge in [0.05, 0.1) is 13.2 Å². The summed E-state index contributed by atoms with van der Waals surface area (Å²) in [5.41, 5.74) is 7.38. The second-order valence-corrected chi connectivity index (χ2v) is 4.79. The first-order valence-electron chi connectivity index (χ1n) is 6.66. The molecule has 0 bridgehead atoms. The van der Waals surface area contributed by atoms with Crippen molar-refractivity contribution in [3.63, 3.8) is 0 Å². The van der Waals surface area contributed by atoms with Gasteiger partial charge in [0.15, 0.2) is 0 Å². The molecule has 1 aliphatic heterocycles. The number of nitrogens with zero attached hydrogens (tertiary/aromatic N) is 1. The fraction of sp³-hybridized carbons (Fsp3) is 0.500. The first kappa shape index (κ1) is 14.9. The third-order valence-corrected chi connectivity index (χ3v) is 3.55. The molecule has 0 saturated carbocycles. The Hall–Kier alpha value is -1.50. The van der Waals surface area contributed by atoms with Crippen molar-refractivity contribution < 1.29 is 13.9 Å². The highest BCUT2D eigenvalue weighted by atomic mass is 19.1. The molecule has 1 aromatic rings. The number of nitrogens with one attached hydrogen (secondary N) is 1. The molecule has 1 unspecified atom stereocenters. The van der Waals surface area contributed by atoms with Gasteiger partial charge in [-0.15, -0.1) is 0 Å². The van der Waals surface area contributed by atoms with E-state index in [0.717, 1.165) is 11.1 Å². The van der Waals surface area contributed by atoms with Crippen LogP contribution in [-0.2, 0) is 22.6 Å². The van der Waals surface area contributed by atoms with E-state index in [1.807, 2.05) is 4.90 Å². The molecule has 110 valence electrons. The summed E-state index contributed by atoms with van der Waals surface area (Å²) in [7, 11) is 1.61. The molecule has 1 aliphatic rings. The molecular formula is C14H20FN3O2. The van der Waals surface area contributed by atoms with E-state index in [2.05, 4.69) is 5.32 Å². The number of halogens is 1. The smallest absolute Gasteiger partial charge is 0.239 e. The Morgan fingerprint density at radius 2 is 2.35 bits per heavy atom. The van der Waals surface area contributed by atoms with Crippen LogP contribution in [0.5, 0.6) is 0 Å². The van der Waals surface area contributed by atoms with E-state index in [9.17, 15) is 9.18 Å². The summed E-state index contributed by atoms with van der Waals surface area (Å²) < 4.78 is 18.6. The maximum absolute atomic E-state index is 13.2. The minimum atomic E-state index is -0.315. The number of carbonyl (C=O) groups excluding carboxylic acids is 1. The Balaban J connectivity index is 2.16. The summed E-state index contributed by atoms with van der Waals surface area (Å²) in [5, 5.41) is 2.64. The quantitative estimate of drug-likeness (QED) is 0.829. The van der Waals surface area contributed by atoms with Gasteiger partial charge in [0.2, 0.25) is 5.91 Å². The van der Waals surface area contributed by atoms with Gasteiger partial charge < -0.3 is 15.8 Å². The number of morpholine rings is 1. The summed E-state index contributed by atoms with van der Waals surface area (Å²) in [6, 6.07) is 4.28. The predicted octanol–water partition coefficient (Wildman–Crippen LogP) is 0.231. The summed E-state index contributed by atoms with van der Waals surface area (Å²) in [4.78, 5) is 13.9. The lowest BCUT2D eigenvalue weighted by Gasteiger charge is -2.34. The number of hydrogen-bond donors (Lipinski definition) is 2. The molecule has 1 aromatic carbocycles. The van der Waals surface area contributed by atoms with Crippen molar-refractivity contribution in [2.75, 3.05) is 26.8 Å². The number of carbonyl (C=O) groups is 1. The molecule has 0 aliphatic carbocycles. The van der Waals surface area contributed by atoms with Gasteiger partial charge in [-0.25, -0.2) is 4.39 Å². The monoisotopic (exact) mass is 281 g/mol. The Morgan fingerprint density at radius 3 is 3.05 bits per heavy atom. The summed E-state index contributed by atoms with van der Waals surface area (Å²) in [6.45, 7) is 2.47. The van der Waals surface area contributed by atoms with Crippen molar-refractivity contribution in [2.45, 2.75) is 19.1 Å². The molecule has 0 radical (unpaired) electrons. The number of ether oxygens (including phenoxy) is 1. The van der Waals surface area contributed by atoms with Gasteiger partial charge in [-0.3, -0.25) is 9.69 Å². The minimum Gasteiger partial charge on any atom is -0.378 e. The average molecular weight is 281 g/mol. The number of rotatable bonds is 4. The fourth-order valence-electron chi connectivity index (χ4n) is 2.39. The van der Waals surface area contributed by atoms with Crippen LogP contribution in [0.4, 0.5) is 4.39 Å².